The van der Waals surface area contributed by atoms with E-state index in [1.54, 1.807) is 18.7 Å². The third-order valence-corrected chi connectivity index (χ3v) is 5.20. The number of nitrogens with zero attached hydrogens (tertiary/aromatic N) is 4. The van der Waals surface area contributed by atoms with Crippen LogP contribution >= 0.6 is 11.8 Å². The van der Waals surface area contributed by atoms with Crippen LogP contribution in [0.2, 0.25) is 0 Å². The Labute approximate surface area is 157 Å². The van der Waals surface area contributed by atoms with Gasteiger partial charge in [0.25, 0.3) is 0 Å². The summed E-state index contributed by atoms with van der Waals surface area (Å²) in [4.78, 5) is 24.8. The number of carbonyl (C=O) groups excluding carboxylic acids is 2. The standard InChI is InChI=1S/C14H21F3N6O3S/c1-8(2)9(10(24)19-11(18)25)27-13-21-20-12(22-3-5-26-6-4-22)23(13)7-14(15,16)17/h8-9H,3-7H2,1-2H3,(H3,18,19,24,25). The van der Waals surface area contributed by atoms with E-state index in [1.165, 1.54) is 0 Å². The van der Waals surface area contributed by atoms with Crippen molar-refractivity contribution < 1.29 is 27.5 Å². The molecule has 0 saturated carbocycles. The van der Waals surface area contributed by atoms with Crippen LogP contribution in [0.15, 0.2) is 5.16 Å². The van der Waals surface area contributed by atoms with E-state index in [9.17, 15) is 22.8 Å². The first kappa shape index (κ1) is 21.3. The molecule has 1 aliphatic rings. The van der Waals surface area contributed by atoms with Gasteiger partial charge in [-0.3, -0.25) is 14.7 Å². The molecular weight excluding hydrogens is 389 g/mol. The summed E-state index contributed by atoms with van der Waals surface area (Å²) in [5.74, 6) is -0.926. The number of thioether (sulfide) groups is 1. The molecule has 0 aromatic carbocycles. The predicted molar refractivity (Wildman–Crippen MR) is 91.3 cm³/mol. The van der Waals surface area contributed by atoms with Crippen molar-refractivity contribution >= 4 is 29.6 Å². The van der Waals surface area contributed by atoms with E-state index in [0.29, 0.717) is 26.3 Å². The van der Waals surface area contributed by atoms with Gasteiger partial charge in [0.15, 0.2) is 5.16 Å². The molecule has 0 spiro atoms. The maximum Gasteiger partial charge on any atom is 0.406 e. The van der Waals surface area contributed by atoms with Gasteiger partial charge in [-0.05, 0) is 5.92 Å². The van der Waals surface area contributed by atoms with Gasteiger partial charge in [-0.25, -0.2) is 4.79 Å². The monoisotopic (exact) mass is 410 g/mol. The normalized spacial score (nSPS) is 16.4. The lowest BCUT2D eigenvalue weighted by Crippen LogP contribution is -2.42. The van der Waals surface area contributed by atoms with Crippen LogP contribution in [0.1, 0.15) is 13.8 Å². The van der Waals surface area contributed by atoms with Crippen molar-refractivity contribution in [2.45, 2.75) is 37.0 Å². The second-order valence-corrected chi connectivity index (χ2v) is 7.33. The number of hydrogen-bond acceptors (Lipinski definition) is 7. The minimum absolute atomic E-state index is 0.0628. The molecule has 2 rings (SSSR count). The van der Waals surface area contributed by atoms with E-state index in [-0.39, 0.29) is 17.0 Å². The number of rotatable bonds is 6. The van der Waals surface area contributed by atoms with Crippen LogP contribution < -0.4 is 16.0 Å². The van der Waals surface area contributed by atoms with Crippen LogP contribution in [0.4, 0.5) is 23.9 Å². The molecule has 13 heteroatoms. The number of nitrogens with one attached hydrogen (secondary N) is 1. The molecule has 27 heavy (non-hydrogen) atoms. The number of imide groups is 1. The Hall–Kier alpha value is -2.02. The fourth-order valence-corrected chi connectivity index (χ4v) is 3.51. The molecule has 0 radical (unpaired) electrons. The summed E-state index contributed by atoms with van der Waals surface area (Å²) in [7, 11) is 0. The summed E-state index contributed by atoms with van der Waals surface area (Å²) in [6, 6.07) is -1.03. The molecule has 3 amide bonds. The third kappa shape index (κ3) is 5.99. The molecule has 3 N–H and O–H groups in total. The van der Waals surface area contributed by atoms with Gasteiger partial charge in [-0.15, -0.1) is 10.2 Å². The lowest BCUT2D eigenvalue weighted by Gasteiger charge is -2.28. The van der Waals surface area contributed by atoms with E-state index in [1.807, 2.05) is 5.32 Å². The van der Waals surface area contributed by atoms with Crippen LogP contribution in [0, 0.1) is 5.92 Å². The van der Waals surface area contributed by atoms with Crippen molar-refractivity contribution in [1.82, 2.24) is 20.1 Å². The Morgan fingerprint density at radius 3 is 2.44 bits per heavy atom. The van der Waals surface area contributed by atoms with Crippen molar-refractivity contribution in [2.75, 3.05) is 31.2 Å². The van der Waals surface area contributed by atoms with Crippen molar-refractivity contribution in [2.24, 2.45) is 11.7 Å². The molecule has 1 aromatic rings. The van der Waals surface area contributed by atoms with Crippen LogP contribution in [-0.4, -0.2) is 64.4 Å². The number of amides is 3. The van der Waals surface area contributed by atoms with Gasteiger partial charge in [-0.1, -0.05) is 25.6 Å². The minimum Gasteiger partial charge on any atom is -0.378 e. The second-order valence-electron chi connectivity index (χ2n) is 6.22. The minimum atomic E-state index is -4.50. The Balaban J connectivity index is 2.32. The average molecular weight is 410 g/mol. The number of carbonyl (C=O) groups is 2. The van der Waals surface area contributed by atoms with Gasteiger partial charge in [0, 0.05) is 13.1 Å². The van der Waals surface area contributed by atoms with Crippen molar-refractivity contribution in [3.8, 4) is 0 Å². The fraction of sp³-hybridized carbons (Fsp3) is 0.714. The molecule has 152 valence electrons. The molecular formula is C14H21F3N6O3S. The number of ether oxygens (including phenoxy) is 1. The molecule has 1 aromatic heterocycles. The summed E-state index contributed by atoms with van der Waals surface area (Å²) >= 11 is 0.811. The highest BCUT2D eigenvalue weighted by Crippen LogP contribution is 2.32. The highest BCUT2D eigenvalue weighted by atomic mass is 32.2. The van der Waals surface area contributed by atoms with E-state index >= 15 is 0 Å². The smallest absolute Gasteiger partial charge is 0.378 e. The maximum atomic E-state index is 13.1. The molecule has 2 heterocycles. The average Bonchev–Trinajstić information content (AvgIpc) is 2.93. The summed E-state index contributed by atoms with van der Waals surface area (Å²) < 4.78 is 45.5. The van der Waals surface area contributed by atoms with Gasteiger partial charge < -0.3 is 15.4 Å². The summed E-state index contributed by atoms with van der Waals surface area (Å²) in [6.45, 7) is 3.62. The van der Waals surface area contributed by atoms with E-state index in [2.05, 4.69) is 10.2 Å². The molecule has 9 nitrogen and oxygen atoms in total. The quantitative estimate of drug-likeness (QED) is 0.672. The van der Waals surface area contributed by atoms with Gasteiger partial charge >= 0.3 is 12.2 Å². The number of anilines is 1. The maximum absolute atomic E-state index is 13.1. The van der Waals surface area contributed by atoms with Gasteiger partial charge in [0.05, 0.1) is 18.5 Å². The number of morpholine rings is 1. The molecule has 1 saturated heterocycles. The number of primary amides is 1. The second kappa shape index (κ2) is 8.78. The third-order valence-electron chi connectivity index (χ3n) is 3.67. The summed E-state index contributed by atoms with van der Waals surface area (Å²) in [5, 5.41) is 8.78. The SMILES string of the molecule is CC(C)C(Sc1nnc(N2CCOCC2)n1CC(F)(F)F)C(=O)NC(N)=O. The van der Waals surface area contributed by atoms with Crippen molar-refractivity contribution in [3.63, 3.8) is 0 Å². The first-order valence-electron chi connectivity index (χ1n) is 8.18. The topological polar surface area (TPSA) is 115 Å². The molecule has 1 unspecified atom stereocenters. The molecule has 0 bridgehead atoms. The first-order valence-corrected chi connectivity index (χ1v) is 9.06. The zero-order valence-electron chi connectivity index (χ0n) is 14.8. The Bertz CT molecular complexity index is 676. The van der Waals surface area contributed by atoms with Gasteiger partial charge in [-0.2, -0.15) is 13.2 Å². The zero-order valence-corrected chi connectivity index (χ0v) is 15.6. The van der Waals surface area contributed by atoms with Crippen LogP contribution in [0.5, 0.6) is 0 Å². The number of aromatic nitrogens is 3. The molecule has 1 aliphatic heterocycles. The number of hydrogen-bond donors (Lipinski definition) is 2. The summed E-state index contributed by atoms with van der Waals surface area (Å²) in [5.41, 5.74) is 4.96. The largest absolute Gasteiger partial charge is 0.406 e. The lowest BCUT2D eigenvalue weighted by atomic mass is 10.1. The van der Waals surface area contributed by atoms with Crippen molar-refractivity contribution in [1.29, 1.82) is 0 Å². The van der Waals surface area contributed by atoms with Gasteiger partial charge in [0.2, 0.25) is 11.9 Å². The number of nitrogens with two attached hydrogens (primary N) is 1. The lowest BCUT2D eigenvalue weighted by molar-refractivity contribution is -0.141. The highest BCUT2D eigenvalue weighted by molar-refractivity contribution is 8.00. The summed E-state index contributed by atoms with van der Waals surface area (Å²) in [6.07, 6.45) is -4.50. The molecule has 1 atom stereocenters. The van der Waals surface area contributed by atoms with Crippen LogP contribution in [-0.2, 0) is 16.1 Å². The van der Waals surface area contributed by atoms with E-state index < -0.39 is 29.9 Å². The Kier molecular flexibility index (Phi) is 6.92. The van der Waals surface area contributed by atoms with Crippen LogP contribution in [0.3, 0.4) is 0 Å². The first-order chi connectivity index (χ1) is 12.6. The molecule has 0 aliphatic carbocycles. The van der Waals surface area contributed by atoms with Gasteiger partial charge in [0.1, 0.15) is 6.54 Å². The fourth-order valence-electron chi connectivity index (χ4n) is 2.48. The Morgan fingerprint density at radius 2 is 1.93 bits per heavy atom. The van der Waals surface area contributed by atoms with Crippen molar-refractivity contribution in [3.05, 3.63) is 0 Å². The number of urea groups is 1. The van der Waals surface area contributed by atoms with Crippen LogP contribution in [0.25, 0.3) is 0 Å². The molecule has 1 fully saturated rings. The van der Waals surface area contributed by atoms with E-state index in [0.717, 1.165) is 16.3 Å². The Morgan fingerprint density at radius 1 is 1.30 bits per heavy atom. The zero-order chi connectivity index (χ0) is 20.2. The predicted octanol–water partition coefficient (Wildman–Crippen LogP) is 0.989. The number of halogens is 3. The van der Waals surface area contributed by atoms with E-state index in [4.69, 9.17) is 10.5 Å². The highest BCUT2D eigenvalue weighted by Gasteiger charge is 2.35. The number of alkyl halides is 3.